The minimum Gasteiger partial charge on any atom is -0.411 e. The van der Waals surface area contributed by atoms with Gasteiger partial charge in [-0.3, -0.25) is 4.79 Å². The van der Waals surface area contributed by atoms with Crippen molar-refractivity contribution in [2.45, 2.75) is 57.7 Å². The van der Waals surface area contributed by atoms with Crippen LogP contribution in [0.15, 0.2) is 58.2 Å². The van der Waals surface area contributed by atoms with Crippen LogP contribution < -0.4 is 5.32 Å². The van der Waals surface area contributed by atoms with Gasteiger partial charge in [0.1, 0.15) is 0 Å². The van der Waals surface area contributed by atoms with E-state index in [1.165, 1.54) is 22.9 Å². The quantitative estimate of drug-likeness (QED) is 0.504. The van der Waals surface area contributed by atoms with Gasteiger partial charge in [0.15, 0.2) is 0 Å². The number of hydrogen-bond donors (Lipinski definition) is 1. The molecular formula is C24H29N3O2S. The Morgan fingerprint density at radius 1 is 1.07 bits per heavy atom. The molecule has 1 heterocycles. The largest absolute Gasteiger partial charge is 0.411 e. The zero-order chi connectivity index (χ0) is 21.7. The van der Waals surface area contributed by atoms with Crippen LogP contribution in [-0.4, -0.2) is 21.9 Å². The minimum absolute atomic E-state index is 0.0522. The van der Waals surface area contributed by atoms with Crippen LogP contribution in [0.2, 0.25) is 0 Å². The molecule has 0 fully saturated rings. The number of aromatic nitrogens is 2. The van der Waals surface area contributed by atoms with Gasteiger partial charge in [0.2, 0.25) is 11.8 Å². The highest BCUT2D eigenvalue weighted by atomic mass is 32.2. The summed E-state index contributed by atoms with van der Waals surface area (Å²) in [6, 6.07) is 16.4. The van der Waals surface area contributed by atoms with Crippen LogP contribution in [0.5, 0.6) is 0 Å². The van der Waals surface area contributed by atoms with Crippen LogP contribution in [0.25, 0.3) is 11.5 Å². The third-order valence-electron chi connectivity index (χ3n) is 5.00. The molecule has 3 aromatic rings. The van der Waals surface area contributed by atoms with Crippen molar-refractivity contribution in [2.75, 3.05) is 5.75 Å². The van der Waals surface area contributed by atoms with E-state index in [9.17, 15) is 4.79 Å². The van der Waals surface area contributed by atoms with Crippen molar-refractivity contribution in [1.29, 1.82) is 0 Å². The van der Waals surface area contributed by atoms with Gasteiger partial charge in [0.05, 0.1) is 11.8 Å². The van der Waals surface area contributed by atoms with Crippen LogP contribution in [0.3, 0.4) is 0 Å². The molecule has 0 radical (unpaired) electrons. The molecule has 0 aliphatic heterocycles. The summed E-state index contributed by atoms with van der Waals surface area (Å²) in [4.78, 5) is 12.3. The zero-order valence-corrected chi connectivity index (χ0v) is 19.0. The third kappa shape index (κ3) is 5.72. The van der Waals surface area contributed by atoms with Crippen molar-refractivity contribution < 1.29 is 9.21 Å². The van der Waals surface area contributed by atoms with E-state index in [-0.39, 0.29) is 23.1 Å². The number of amides is 1. The van der Waals surface area contributed by atoms with E-state index in [0.29, 0.717) is 11.1 Å². The van der Waals surface area contributed by atoms with Crippen LogP contribution in [0.1, 0.15) is 57.4 Å². The smallest absolute Gasteiger partial charge is 0.277 e. The molecule has 1 N–H and O–H groups in total. The molecule has 158 valence electrons. The second-order valence-corrected chi connectivity index (χ2v) is 9.30. The van der Waals surface area contributed by atoms with Crippen molar-refractivity contribution in [3.63, 3.8) is 0 Å². The van der Waals surface area contributed by atoms with Crippen molar-refractivity contribution in [1.82, 2.24) is 15.5 Å². The topological polar surface area (TPSA) is 68.0 Å². The number of nitrogens with one attached hydrogen (secondary N) is 1. The summed E-state index contributed by atoms with van der Waals surface area (Å²) >= 11 is 1.24. The van der Waals surface area contributed by atoms with Gasteiger partial charge in [-0.2, -0.15) is 0 Å². The molecule has 0 aliphatic carbocycles. The highest BCUT2D eigenvalue weighted by Crippen LogP contribution is 2.27. The van der Waals surface area contributed by atoms with Gasteiger partial charge in [-0.25, -0.2) is 0 Å². The highest BCUT2D eigenvalue weighted by Gasteiger charge is 2.16. The van der Waals surface area contributed by atoms with Crippen LogP contribution >= 0.6 is 11.8 Å². The molecule has 5 nitrogen and oxygen atoms in total. The average molecular weight is 424 g/mol. The number of rotatable bonds is 7. The molecule has 1 aromatic heterocycles. The molecule has 6 heteroatoms. The summed E-state index contributed by atoms with van der Waals surface area (Å²) in [5.74, 6) is 0.617. The van der Waals surface area contributed by atoms with Gasteiger partial charge in [-0.05, 0) is 47.6 Å². The first-order chi connectivity index (χ1) is 14.3. The molecule has 0 aliphatic rings. The number of carbonyl (C=O) groups is 1. The Kier molecular flexibility index (Phi) is 6.98. The molecule has 0 saturated heterocycles. The summed E-state index contributed by atoms with van der Waals surface area (Å²) in [5.41, 5.74) is 4.58. The number of hydrogen-bond acceptors (Lipinski definition) is 5. The number of nitrogens with zero attached hydrogens (tertiary/aromatic N) is 2. The molecule has 0 unspecified atom stereocenters. The monoisotopic (exact) mass is 423 g/mol. The molecule has 0 saturated carbocycles. The second-order valence-electron chi connectivity index (χ2n) is 8.37. The molecule has 1 atom stereocenters. The molecule has 30 heavy (non-hydrogen) atoms. The van der Waals surface area contributed by atoms with E-state index in [0.717, 1.165) is 17.5 Å². The molecule has 0 spiro atoms. The number of thioether (sulfide) groups is 1. The number of carbonyl (C=O) groups excluding carboxylic acids is 1. The predicted molar refractivity (Wildman–Crippen MR) is 122 cm³/mol. The summed E-state index contributed by atoms with van der Waals surface area (Å²) in [7, 11) is 0. The Hall–Kier alpha value is -2.60. The van der Waals surface area contributed by atoms with E-state index in [1.54, 1.807) is 0 Å². The lowest BCUT2D eigenvalue weighted by Gasteiger charge is -2.18. The summed E-state index contributed by atoms with van der Waals surface area (Å²) in [6.07, 6.45) is 1.00. The minimum atomic E-state index is -0.0682. The van der Waals surface area contributed by atoms with Gasteiger partial charge in [0.25, 0.3) is 5.22 Å². The first-order valence-corrected chi connectivity index (χ1v) is 11.2. The van der Waals surface area contributed by atoms with Crippen LogP contribution in [0, 0.1) is 0 Å². The van der Waals surface area contributed by atoms with E-state index in [4.69, 9.17) is 4.42 Å². The summed E-state index contributed by atoms with van der Waals surface area (Å²) < 4.78 is 5.72. The SMILES string of the molecule is CCc1ccc([C@H](C)NC(=O)CSc2nnc(-c3ccc(C(C)(C)C)cc3)o2)cc1. The second kappa shape index (κ2) is 9.47. The van der Waals surface area contributed by atoms with E-state index in [2.05, 4.69) is 79.6 Å². The molecule has 1 amide bonds. The van der Waals surface area contributed by atoms with Crippen LogP contribution in [0.4, 0.5) is 0 Å². The first kappa shape index (κ1) is 22.1. The van der Waals surface area contributed by atoms with Gasteiger partial charge in [-0.1, -0.05) is 75.9 Å². The van der Waals surface area contributed by atoms with Crippen molar-refractivity contribution in [3.05, 3.63) is 65.2 Å². The van der Waals surface area contributed by atoms with Gasteiger partial charge in [-0.15, -0.1) is 10.2 Å². The maximum Gasteiger partial charge on any atom is 0.277 e. The lowest BCUT2D eigenvalue weighted by atomic mass is 9.87. The number of benzene rings is 2. The fourth-order valence-electron chi connectivity index (χ4n) is 3.03. The van der Waals surface area contributed by atoms with Gasteiger partial charge >= 0.3 is 0 Å². The molecule has 0 bridgehead atoms. The highest BCUT2D eigenvalue weighted by molar-refractivity contribution is 7.99. The number of aryl methyl sites for hydroxylation is 1. The van der Waals surface area contributed by atoms with Gasteiger partial charge < -0.3 is 9.73 Å². The normalized spacial score (nSPS) is 12.6. The van der Waals surface area contributed by atoms with E-state index in [1.807, 2.05) is 19.1 Å². The maximum atomic E-state index is 12.3. The van der Waals surface area contributed by atoms with Crippen molar-refractivity contribution in [2.24, 2.45) is 0 Å². The Bertz CT molecular complexity index is 973. The Morgan fingerprint density at radius 2 is 1.73 bits per heavy atom. The summed E-state index contributed by atoms with van der Waals surface area (Å²) in [6.45, 7) is 10.6. The summed E-state index contributed by atoms with van der Waals surface area (Å²) in [5, 5.41) is 11.6. The van der Waals surface area contributed by atoms with E-state index < -0.39 is 0 Å². The zero-order valence-electron chi connectivity index (χ0n) is 18.2. The predicted octanol–water partition coefficient (Wildman–Crippen LogP) is 5.57. The molecular weight excluding hydrogens is 394 g/mol. The Balaban J connectivity index is 1.53. The lowest BCUT2D eigenvalue weighted by Crippen LogP contribution is -2.28. The lowest BCUT2D eigenvalue weighted by molar-refractivity contribution is -0.119. The van der Waals surface area contributed by atoms with E-state index >= 15 is 0 Å². The fourth-order valence-corrected chi connectivity index (χ4v) is 3.61. The Labute approximate surface area is 182 Å². The first-order valence-electron chi connectivity index (χ1n) is 10.2. The fraction of sp³-hybridized carbons (Fsp3) is 0.375. The molecule has 3 rings (SSSR count). The Morgan fingerprint density at radius 3 is 2.33 bits per heavy atom. The van der Waals surface area contributed by atoms with Crippen molar-refractivity contribution >= 4 is 17.7 Å². The van der Waals surface area contributed by atoms with Crippen molar-refractivity contribution in [3.8, 4) is 11.5 Å². The van der Waals surface area contributed by atoms with Gasteiger partial charge in [0, 0.05) is 5.56 Å². The standard InChI is InChI=1S/C24H29N3O2S/c1-6-17-7-9-18(10-8-17)16(2)25-21(28)15-30-23-27-26-22(29-23)19-11-13-20(14-12-19)24(3,4)5/h7-14,16H,6,15H2,1-5H3,(H,25,28)/t16-/m0/s1. The maximum absolute atomic E-state index is 12.3. The van der Waals surface area contributed by atoms with Crippen LogP contribution in [-0.2, 0) is 16.6 Å². The average Bonchev–Trinajstić information content (AvgIpc) is 3.21. The molecule has 2 aromatic carbocycles. The third-order valence-corrected chi connectivity index (χ3v) is 5.81.